The van der Waals surface area contributed by atoms with Crippen LogP contribution in [0, 0.1) is 6.92 Å². The van der Waals surface area contributed by atoms with Crippen molar-refractivity contribution in [3.05, 3.63) is 45.8 Å². The number of nitrogens with zero attached hydrogens (tertiary/aromatic N) is 2. The van der Waals surface area contributed by atoms with E-state index in [1.807, 2.05) is 13.0 Å². The lowest BCUT2D eigenvalue weighted by atomic mass is 10.1. The molecule has 116 valence electrons. The van der Waals surface area contributed by atoms with Crippen molar-refractivity contribution in [2.24, 2.45) is 0 Å². The number of rotatable bonds is 2. The number of anilines is 1. The molecule has 1 unspecified atom stereocenters. The zero-order chi connectivity index (χ0) is 15.7. The number of carbonyl (C=O) groups is 1. The summed E-state index contributed by atoms with van der Waals surface area (Å²) in [5.41, 5.74) is 1.48. The highest BCUT2D eigenvalue weighted by atomic mass is 35.5. The second kappa shape index (κ2) is 6.18. The van der Waals surface area contributed by atoms with Gasteiger partial charge in [-0.25, -0.2) is 4.79 Å². The van der Waals surface area contributed by atoms with Crippen LogP contribution in [0.4, 0.5) is 10.5 Å². The number of amides is 2. The van der Waals surface area contributed by atoms with Gasteiger partial charge in [0.1, 0.15) is 5.76 Å². The Morgan fingerprint density at radius 2 is 2.18 bits per heavy atom. The average molecular weight is 340 g/mol. The zero-order valence-corrected chi connectivity index (χ0v) is 13.5. The van der Waals surface area contributed by atoms with Gasteiger partial charge in [-0.3, -0.25) is 0 Å². The van der Waals surface area contributed by atoms with Crippen molar-refractivity contribution in [1.82, 2.24) is 10.1 Å². The largest absolute Gasteiger partial charge is 0.361 e. The van der Waals surface area contributed by atoms with Crippen LogP contribution in [0.5, 0.6) is 0 Å². The molecule has 0 radical (unpaired) electrons. The van der Waals surface area contributed by atoms with E-state index in [9.17, 15) is 4.79 Å². The van der Waals surface area contributed by atoms with Gasteiger partial charge in [0.2, 0.25) is 0 Å². The number of aryl methyl sites for hydroxylation is 1. The summed E-state index contributed by atoms with van der Waals surface area (Å²) >= 11 is 11.8. The minimum atomic E-state index is -0.155. The molecule has 0 aliphatic carbocycles. The van der Waals surface area contributed by atoms with Crippen molar-refractivity contribution >= 4 is 34.9 Å². The molecule has 0 bridgehead atoms. The molecular weight excluding hydrogens is 325 g/mol. The summed E-state index contributed by atoms with van der Waals surface area (Å²) in [6.45, 7) is 3.18. The van der Waals surface area contributed by atoms with Gasteiger partial charge in [0, 0.05) is 30.8 Å². The average Bonchev–Trinajstić information content (AvgIpc) is 3.11. The molecule has 0 saturated carbocycles. The molecule has 2 aromatic rings. The number of hydrogen-bond donors (Lipinski definition) is 1. The minimum absolute atomic E-state index is 0.155. The van der Waals surface area contributed by atoms with E-state index in [4.69, 9.17) is 27.7 Å². The van der Waals surface area contributed by atoms with Crippen LogP contribution in [-0.2, 0) is 0 Å². The first-order valence-corrected chi connectivity index (χ1v) is 7.72. The lowest BCUT2D eigenvalue weighted by Crippen LogP contribution is -2.32. The molecule has 7 heteroatoms. The smallest absolute Gasteiger partial charge is 0.321 e. The molecule has 3 rings (SSSR count). The summed E-state index contributed by atoms with van der Waals surface area (Å²) in [4.78, 5) is 14.0. The number of carbonyl (C=O) groups excluding carboxylic acids is 1. The molecule has 1 N–H and O–H groups in total. The summed E-state index contributed by atoms with van der Waals surface area (Å²) < 4.78 is 5.28. The number of hydrogen-bond acceptors (Lipinski definition) is 3. The lowest BCUT2D eigenvalue weighted by Gasteiger charge is -2.17. The third kappa shape index (κ3) is 3.20. The maximum absolute atomic E-state index is 12.3. The second-order valence-electron chi connectivity index (χ2n) is 5.36. The summed E-state index contributed by atoms with van der Waals surface area (Å²) in [6, 6.07) is 6.78. The van der Waals surface area contributed by atoms with Crippen molar-refractivity contribution in [2.75, 3.05) is 18.4 Å². The second-order valence-corrected chi connectivity index (χ2v) is 6.18. The number of benzene rings is 1. The Hall–Kier alpha value is -1.72. The van der Waals surface area contributed by atoms with E-state index in [-0.39, 0.29) is 11.9 Å². The van der Waals surface area contributed by atoms with Gasteiger partial charge in [-0.05, 0) is 31.5 Å². The summed E-state index contributed by atoms with van der Waals surface area (Å²) in [5, 5.41) is 7.60. The molecule has 1 atom stereocenters. The number of aromatic nitrogens is 1. The lowest BCUT2D eigenvalue weighted by molar-refractivity contribution is 0.221. The van der Waals surface area contributed by atoms with Gasteiger partial charge in [-0.1, -0.05) is 28.4 Å². The van der Waals surface area contributed by atoms with Crippen LogP contribution in [0.25, 0.3) is 0 Å². The van der Waals surface area contributed by atoms with Crippen LogP contribution >= 0.6 is 23.2 Å². The van der Waals surface area contributed by atoms with Crippen LogP contribution in [0.15, 0.2) is 28.8 Å². The Kier molecular flexibility index (Phi) is 4.27. The zero-order valence-electron chi connectivity index (χ0n) is 12.0. The Balaban J connectivity index is 1.62. The Morgan fingerprint density at radius 3 is 2.86 bits per heavy atom. The molecule has 1 aromatic heterocycles. The molecule has 2 amide bonds. The Morgan fingerprint density at radius 1 is 1.36 bits per heavy atom. The third-order valence-corrected chi connectivity index (χ3v) is 4.43. The van der Waals surface area contributed by atoms with E-state index in [2.05, 4.69) is 10.5 Å². The molecule has 1 saturated heterocycles. The maximum atomic E-state index is 12.3. The summed E-state index contributed by atoms with van der Waals surface area (Å²) in [6.07, 6.45) is 0.865. The number of nitrogens with one attached hydrogen (secondary N) is 1. The van der Waals surface area contributed by atoms with Gasteiger partial charge >= 0.3 is 6.03 Å². The monoisotopic (exact) mass is 339 g/mol. The number of likely N-dealkylation sites (tertiary alicyclic amines) is 1. The molecule has 1 fully saturated rings. The highest BCUT2D eigenvalue weighted by Crippen LogP contribution is 2.29. The fraction of sp³-hybridized carbons (Fsp3) is 0.333. The Bertz CT molecular complexity index is 702. The first kappa shape index (κ1) is 15.2. The molecule has 1 aliphatic heterocycles. The fourth-order valence-corrected chi connectivity index (χ4v) is 2.83. The molecule has 2 heterocycles. The maximum Gasteiger partial charge on any atom is 0.321 e. The van der Waals surface area contributed by atoms with Crippen LogP contribution in [-0.4, -0.2) is 29.2 Å². The van der Waals surface area contributed by atoms with Crippen molar-refractivity contribution < 1.29 is 9.32 Å². The molecule has 1 aliphatic rings. The summed E-state index contributed by atoms with van der Waals surface area (Å²) in [7, 11) is 0. The highest BCUT2D eigenvalue weighted by molar-refractivity contribution is 6.42. The van der Waals surface area contributed by atoms with Crippen LogP contribution in [0.2, 0.25) is 10.0 Å². The van der Waals surface area contributed by atoms with Gasteiger partial charge in [0.25, 0.3) is 0 Å². The third-order valence-electron chi connectivity index (χ3n) is 3.69. The van der Waals surface area contributed by atoms with Gasteiger partial charge in [-0.15, -0.1) is 0 Å². The van der Waals surface area contributed by atoms with E-state index < -0.39 is 0 Å². The van der Waals surface area contributed by atoms with Gasteiger partial charge in [-0.2, -0.15) is 0 Å². The quantitative estimate of drug-likeness (QED) is 0.886. The van der Waals surface area contributed by atoms with Gasteiger partial charge < -0.3 is 14.7 Å². The van der Waals surface area contributed by atoms with Crippen molar-refractivity contribution in [2.45, 2.75) is 19.3 Å². The van der Waals surface area contributed by atoms with Crippen molar-refractivity contribution in [1.29, 1.82) is 0 Å². The van der Waals surface area contributed by atoms with E-state index in [1.165, 1.54) is 0 Å². The van der Waals surface area contributed by atoms with E-state index in [0.717, 1.165) is 17.9 Å². The van der Waals surface area contributed by atoms with Crippen LogP contribution in [0.3, 0.4) is 0 Å². The topological polar surface area (TPSA) is 58.4 Å². The number of urea groups is 1. The normalized spacial score (nSPS) is 17.8. The highest BCUT2D eigenvalue weighted by Gasteiger charge is 2.29. The number of halogens is 2. The molecule has 22 heavy (non-hydrogen) atoms. The van der Waals surface area contributed by atoms with Gasteiger partial charge in [0.15, 0.2) is 0 Å². The van der Waals surface area contributed by atoms with Crippen molar-refractivity contribution in [3.8, 4) is 0 Å². The predicted octanol–water partition coefficient (Wildman–Crippen LogP) is 4.31. The SMILES string of the molecule is Cc1cc(C2CCN(C(=O)Nc3ccc(Cl)c(Cl)c3)C2)on1. The first-order valence-electron chi connectivity index (χ1n) is 6.97. The Labute approximate surface area is 138 Å². The van der Waals surface area contributed by atoms with Crippen molar-refractivity contribution in [3.63, 3.8) is 0 Å². The predicted molar refractivity (Wildman–Crippen MR) is 85.7 cm³/mol. The van der Waals surface area contributed by atoms with E-state index in [1.54, 1.807) is 23.1 Å². The molecule has 0 spiro atoms. The summed E-state index contributed by atoms with van der Waals surface area (Å²) in [5.74, 6) is 1.03. The first-order chi connectivity index (χ1) is 10.5. The van der Waals surface area contributed by atoms with E-state index >= 15 is 0 Å². The fourth-order valence-electron chi connectivity index (χ4n) is 2.53. The van der Waals surface area contributed by atoms with Crippen LogP contribution < -0.4 is 5.32 Å². The molecule has 5 nitrogen and oxygen atoms in total. The standard InChI is InChI=1S/C15H15Cl2N3O2/c1-9-6-14(22-19-9)10-4-5-20(8-10)15(21)18-11-2-3-12(16)13(17)7-11/h2-3,6-7,10H,4-5,8H2,1H3,(H,18,21). The minimum Gasteiger partial charge on any atom is -0.361 e. The molecule has 1 aromatic carbocycles. The van der Waals surface area contributed by atoms with E-state index in [0.29, 0.717) is 28.8 Å². The van der Waals surface area contributed by atoms with Crippen LogP contribution in [0.1, 0.15) is 23.8 Å². The van der Waals surface area contributed by atoms with Gasteiger partial charge in [0.05, 0.1) is 15.7 Å². The molecular formula is C15H15Cl2N3O2.